The molecular weight excluding hydrogens is 248 g/mol. The largest absolute Gasteiger partial charge is 0.436 e. The monoisotopic (exact) mass is 262 g/mol. The third-order valence-electron chi connectivity index (χ3n) is 3.25. The lowest BCUT2D eigenvalue weighted by Gasteiger charge is -2.00. The molecule has 2 aromatic carbocycles. The Balaban J connectivity index is 1.82. The van der Waals surface area contributed by atoms with Crippen molar-refractivity contribution in [1.29, 1.82) is 5.26 Å². The zero-order valence-electron chi connectivity index (χ0n) is 11.0. The highest BCUT2D eigenvalue weighted by molar-refractivity contribution is 5.75. The number of hydrogen-bond acceptors (Lipinski definition) is 3. The van der Waals surface area contributed by atoms with Crippen LogP contribution in [0.1, 0.15) is 18.4 Å². The van der Waals surface area contributed by atoms with Gasteiger partial charge in [0.1, 0.15) is 5.52 Å². The first-order valence-corrected chi connectivity index (χ1v) is 6.68. The van der Waals surface area contributed by atoms with Crippen molar-refractivity contribution in [2.24, 2.45) is 0 Å². The van der Waals surface area contributed by atoms with Crippen molar-refractivity contribution < 1.29 is 4.42 Å². The van der Waals surface area contributed by atoms with Gasteiger partial charge in [-0.25, -0.2) is 4.98 Å². The number of rotatable bonds is 4. The van der Waals surface area contributed by atoms with Gasteiger partial charge in [-0.05, 0) is 42.7 Å². The normalized spacial score (nSPS) is 10.6. The summed E-state index contributed by atoms with van der Waals surface area (Å²) in [6.45, 7) is 0. The maximum atomic E-state index is 8.54. The summed E-state index contributed by atoms with van der Waals surface area (Å²) in [6, 6.07) is 18.1. The molecule has 3 aromatic rings. The van der Waals surface area contributed by atoms with Gasteiger partial charge in [-0.2, -0.15) is 5.26 Å². The van der Waals surface area contributed by atoms with E-state index in [0.717, 1.165) is 29.5 Å². The number of benzene rings is 2. The Morgan fingerprint density at radius 3 is 2.60 bits per heavy atom. The Morgan fingerprint density at radius 1 is 1.05 bits per heavy atom. The minimum absolute atomic E-state index is 0.604. The van der Waals surface area contributed by atoms with Crippen LogP contribution in [0.2, 0.25) is 0 Å². The Bertz CT molecular complexity index is 718. The van der Waals surface area contributed by atoms with Crippen LogP contribution in [0.3, 0.4) is 0 Å². The van der Waals surface area contributed by atoms with Crippen LogP contribution in [0.15, 0.2) is 52.9 Å². The second kappa shape index (κ2) is 5.58. The third-order valence-corrected chi connectivity index (χ3v) is 3.25. The van der Waals surface area contributed by atoms with Crippen molar-refractivity contribution in [3.63, 3.8) is 0 Å². The molecule has 0 unspecified atom stereocenters. The van der Waals surface area contributed by atoms with E-state index < -0.39 is 0 Å². The molecule has 3 rings (SSSR count). The van der Waals surface area contributed by atoms with E-state index in [1.54, 1.807) is 0 Å². The van der Waals surface area contributed by atoms with E-state index in [9.17, 15) is 0 Å². The van der Waals surface area contributed by atoms with Crippen LogP contribution in [0, 0.1) is 11.3 Å². The second-order valence-electron chi connectivity index (χ2n) is 4.70. The summed E-state index contributed by atoms with van der Waals surface area (Å²) in [5.74, 6) is 0.648. The summed E-state index contributed by atoms with van der Waals surface area (Å²) in [5, 5.41) is 8.54. The molecule has 3 heteroatoms. The first-order valence-electron chi connectivity index (χ1n) is 6.68. The summed E-state index contributed by atoms with van der Waals surface area (Å²) in [4.78, 5) is 4.48. The molecule has 0 radical (unpaired) electrons. The van der Waals surface area contributed by atoms with E-state index in [2.05, 4.69) is 23.2 Å². The maximum Gasteiger partial charge on any atom is 0.227 e. The van der Waals surface area contributed by atoms with Gasteiger partial charge in [0.2, 0.25) is 5.89 Å². The van der Waals surface area contributed by atoms with Gasteiger partial charge < -0.3 is 4.42 Å². The van der Waals surface area contributed by atoms with Gasteiger partial charge in [-0.1, -0.05) is 24.3 Å². The fraction of sp³-hybridized carbons (Fsp3) is 0.176. The lowest BCUT2D eigenvalue weighted by molar-refractivity contribution is 0.620. The molecule has 20 heavy (non-hydrogen) atoms. The predicted octanol–water partition coefficient (Wildman–Crippen LogP) is 4.34. The number of aromatic nitrogens is 1. The first-order chi connectivity index (χ1) is 9.86. The molecule has 3 nitrogen and oxygen atoms in total. The minimum Gasteiger partial charge on any atom is -0.436 e. The molecule has 0 bridgehead atoms. The predicted molar refractivity (Wildman–Crippen MR) is 78.0 cm³/mol. The Morgan fingerprint density at radius 2 is 1.85 bits per heavy atom. The number of oxazole rings is 1. The molecule has 98 valence electrons. The van der Waals surface area contributed by atoms with Gasteiger partial charge >= 0.3 is 0 Å². The quantitative estimate of drug-likeness (QED) is 0.657. The fourth-order valence-electron chi connectivity index (χ4n) is 2.18. The van der Waals surface area contributed by atoms with Gasteiger partial charge in [0.05, 0.1) is 6.07 Å². The first kappa shape index (κ1) is 12.4. The third kappa shape index (κ3) is 2.55. The lowest BCUT2D eigenvalue weighted by Crippen LogP contribution is -1.85. The van der Waals surface area contributed by atoms with Crippen LogP contribution in [0.5, 0.6) is 0 Å². The molecule has 0 N–H and O–H groups in total. The maximum absolute atomic E-state index is 8.54. The molecule has 0 aliphatic rings. The van der Waals surface area contributed by atoms with Crippen LogP contribution in [0.25, 0.3) is 22.6 Å². The van der Waals surface area contributed by atoms with Crippen molar-refractivity contribution in [1.82, 2.24) is 4.98 Å². The highest BCUT2D eigenvalue weighted by atomic mass is 16.3. The molecule has 1 aromatic heterocycles. The zero-order valence-corrected chi connectivity index (χ0v) is 11.0. The average molecular weight is 262 g/mol. The van der Waals surface area contributed by atoms with Crippen molar-refractivity contribution in [2.45, 2.75) is 19.3 Å². The van der Waals surface area contributed by atoms with Gasteiger partial charge in [0, 0.05) is 12.0 Å². The van der Waals surface area contributed by atoms with Crippen LogP contribution >= 0.6 is 0 Å². The number of hydrogen-bond donors (Lipinski definition) is 0. The molecule has 0 saturated carbocycles. The number of fused-ring (bicyclic) bond motifs is 1. The van der Waals surface area contributed by atoms with Crippen molar-refractivity contribution in [3.05, 3.63) is 54.1 Å². The van der Waals surface area contributed by atoms with Gasteiger partial charge in [-0.3, -0.25) is 0 Å². The standard InChI is InChI=1S/C17H14N2O/c18-12-4-3-5-13-8-10-14(11-9-13)17-19-15-6-1-2-7-16(15)20-17/h1-2,6-11H,3-5H2. The van der Waals surface area contributed by atoms with E-state index in [4.69, 9.17) is 9.68 Å². The molecule has 0 aliphatic heterocycles. The van der Waals surface area contributed by atoms with E-state index in [1.165, 1.54) is 5.56 Å². The number of aryl methyl sites for hydroxylation is 1. The molecule has 0 spiro atoms. The van der Waals surface area contributed by atoms with E-state index in [1.807, 2.05) is 36.4 Å². The number of para-hydroxylation sites is 2. The van der Waals surface area contributed by atoms with Gasteiger partial charge in [-0.15, -0.1) is 0 Å². The van der Waals surface area contributed by atoms with E-state index in [0.29, 0.717) is 12.3 Å². The highest BCUT2D eigenvalue weighted by Gasteiger charge is 2.07. The Labute approximate surface area is 117 Å². The molecule has 0 atom stereocenters. The van der Waals surface area contributed by atoms with Crippen LogP contribution in [0.4, 0.5) is 0 Å². The molecule has 1 heterocycles. The summed E-state index contributed by atoms with van der Waals surface area (Å²) >= 11 is 0. The molecule has 0 saturated heterocycles. The van der Waals surface area contributed by atoms with Crippen LogP contribution in [-0.4, -0.2) is 4.98 Å². The molecular formula is C17H14N2O. The van der Waals surface area contributed by atoms with Gasteiger partial charge in [0.25, 0.3) is 0 Å². The summed E-state index contributed by atoms with van der Waals surface area (Å²) in [7, 11) is 0. The smallest absolute Gasteiger partial charge is 0.227 e. The molecule has 0 amide bonds. The van der Waals surface area contributed by atoms with Crippen molar-refractivity contribution in [2.75, 3.05) is 0 Å². The summed E-state index contributed by atoms with van der Waals surface area (Å²) in [6.07, 6.45) is 2.44. The fourth-order valence-corrected chi connectivity index (χ4v) is 2.18. The number of unbranched alkanes of at least 4 members (excludes halogenated alkanes) is 1. The van der Waals surface area contributed by atoms with E-state index in [-0.39, 0.29) is 0 Å². The van der Waals surface area contributed by atoms with Crippen LogP contribution in [-0.2, 0) is 6.42 Å². The number of nitriles is 1. The van der Waals surface area contributed by atoms with Crippen LogP contribution < -0.4 is 0 Å². The highest BCUT2D eigenvalue weighted by Crippen LogP contribution is 2.24. The summed E-state index contributed by atoms with van der Waals surface area (Å²) < 4.78 is 5.74. The zero-order chi connectivity index (χ0) is 13.8. The number of nitrogens with zero attached hydrogens (tertiary/aromatic N) is 2. The summed E-state index contributed by atoms with van der Waals surface area (Å²) in [5.41, 5.74) is 3.89. The van der Waals surface area contributed by atoms with E-state index >= 15 is 0 Å². The SMILES string of the molecule is N#CCCCc1ccc(-c2nc3ccccc3o2)cc1. The van der Waals surface area contributed by atoms with Crippen molar-refractivity contribution >= 4 is 11.1 Å². The Hall–Kier alpha value is -2.60. The topological polar surface area (TPSA) is 49.8 Å². The Kier molecular flexibility index (Phi) is 3.47. The molecule has 0 fully saturated rings. The lowest BCUT2D eigenvalue weighted by atomic mass is 10.1. The van der Waals surface area contributed by atoms with Gasteiger partial charge in [0.15, 0.2) is 5.58 Å². The van der Waals surface area contributed by atoms with Crippen molar-refractivity contribution in [3.8, 4) is 17.5 Å². The second-order valence-corrected chi connectivity index (χ2v) is 4.70. The minimum atomic E-state index is 0.604. The average Bonchev–Trinajstić information content (AvgIpc) is 2.92. The molecule has 0 aliphatic carbocycles.